The Bertz CT molecular complexity index is 1360. The van der Waals surface area contributed by atoms with Gasteiger partial charge in [0, 0.05) is 0 Å². The Hall–Kier alpha value is -3.49. The number of benzene rings is 4. The fourth-order valence-corrected chi connectivity index (χ4v) is 6.93. The Balaban J connectivity index is 1.92. The highest BCUT2D eigenvalue weighted by atomic mass is 31.2. The van der Waals surface area contributed by atoms with Gasteiger partial charge in [0.1, 0.15) is 22.9 Å². The van der Waals surface area contributed by atoms with Crippen LogP contribution in [0.1, 0.15) is 75.9 Å². The average molecular weight is 557 g/mol. The second-order valence-electron chi connectivity index (χ2n) is 12.4. The molecule has 1 N–H and O–H groups in total. The minimum absolute atomic E-state index is 0.286. The summed E-state index contributed by atoms with van der Waals surface area (Å²) in [6.45, 7) is 12.5. The molecule has 0 aliphatic carbocycles. The van der Waals surface area contributed by atoms with Gasteiger partial charge < -0.3 is 14.2 Å². The first-order valence-electron chi connectivity index (χ1n) is 13.9. The van der Waals surface area contributed by atoms with Gasteiger partial charge in [-0.05, 0) is 70.2 Å². The van der Waals surface area contributed by atoms with Crippen molar-refractivity contribution >= 4 is 7.60 Å². The molecule has 210 valence electrons. The number of hydrogen-bond acceptors (Lipinski definition) is 4. The highest BCUT2D eigenvalue weighted by Crippen LogP contribution is 2.62. The third-order valence-electron chi connectivity index (χ3n) is 7.02. The quantitative estimate of drug-likeness (QED) is 0.208. The second kappa shape index (κ2) is 11.9. The lowest BCUT2D eigenvalue weighted by Crippen LogP contribution is -2.20. The highest BCUT2D eigenvalue weighted by molar-refractivity contribution is 7.55. The smallest absolute Gasteiger partial charge is 0.438 e. The summed E-state index contributed by atoms with van der Waals surface area (Å²) in [6.07, 6.45) is 1.21. The number of para-hydroxylation sites is 2. The van der Waals surface area contributed by atoms with Gasteiger partial charge in [0.2, 0.25) is 0 Å². The fraction of sp³-hybridized carbons (Fsp3) is 0.314. The van der Waals surface area contributed by atoms with Gasteiger partial charge in [-0.2, -0.15) is 0 Å². The number of aryl methyl sites for hydroxylation is 1. The van der Waals surface area contributed by atoms with Gasteiger partial charge in [0.25, 0.3) is 0 Å². The molecule has 0 fully saturated rings. The molecule has 0 aromatic heterocycles. The maximum Gasteiger partial charge on any atom is 0.438 e. The predicted molar refractivity (Wildman–Crippen MR) is 165 cm³/mol. The van der Waals surface area contributed by atoms with E-state index in [9.17, 15) is 5.11 Å². The molecule has 1 unspecified atom stereocenters. The monoisotopic (exact) mass is 556 g/mol. The summed E-state index contributed by atoms with van der Waals surface area (Å²) in [5.74, 6) is 1.25. The van der Waals surface area contributed by atoms with E-state index in [0.29, 0.717) is 24.3 Å². The van der Waals surface area contributed by atoms with Crippen molar-refractivity contribution in [3.8, 4) is 17.2 Å². The first kappa shape index (κ1) is 29.5. The van der Waals surface area contributed by atoms with Gasteiger partial charge in [-0.3, -0.25) is 0 Å². The van der Waals surface area contributed by atoms with Crippen molar-refractivity contribution in [2.24, 2.45) is 0 Å². The molecular weight excluding hydrogens is 515 g/mol. The largest absolute Gasteiger partial charge is 0.507 e. The summed E-state index contributed by atoms with van der Waals surface area (Å²) in [5.41, 5.74) is 2.32. The maximum absolute atomic E-state index is 15.2. The molecule has 0 heterocycles. The molecule has 4 aromatic rings. The third kappa shape index (κ3) is 7.17. The first-order valence-corrected chi connectivity index (χ1v) is 15.5. The molecule has 1 atom stereocenters. The first-order chi connectivity index (χ1) is 18.9. The molecule has 4 rings (SSSR count). The average Bonchev–Trinajstić information content (AvgIpc) is 2.90. The number of hydrogen-bond donors (Lipinski definition) is 1. The van der Waals surface area contributed by atoms with E-state index in [2.05, 4.69) is 53.7 Å². The lowest BCUT2D eigenvalue weighted by molar-refractivity contribution is 0.368. The maximum atomic E-state index is 15.2. The summed E-state index contributed by atoms with van der Waals surface area (Å²) in [4.78, 5) is 0. The van der Waals surface area contributed by atoms with Gasteiger partial charge in [0.05, 0.1) is 0 Å². The molecule has 0 aliphatic heterocycles. The Kier molecular flexibility index (Phi) is 8.80. The Labute approximate surface area is 239 Å². The summed E-state index contributed by atoms with van der Waals surface area (Å²) < 4.78 is 27.9. The zero-order valence-electron chi connectivity index (χ0n) is 24.4. The normalized spacial score (nSPS) is 13.1. The fourth-order valence-electron chi connectivity index (χ4n) is 4.85. The van der Waals surface area contributed by atoms with Crippen LogP contribution in [-0.2, 0) is 21.8 Å². The van der Waals surface area contributed by atoms with E-state index in [-0.39, 0.29) is 16.6 Å². The molecular formula is C35H41O4P. The van der Waals surface area contributed by atoms with Gasteiger partial charge in [-0.25, -0.2) is 4.57 Å². The van der Waals surface area contributed by atoms with Gasteiger partial charge in [0.15, 0.2) is 0 Å². The molecule has 0 aliphatic rings. The van der Waals surface area contributed by atoms with Crippen molar-refractivity contribution in [1.82, 2.24) is 0 Å². The van der Waals surface area contributed by atoms with E-state index < -0.39 is 13.3 Å². The molecule has 0 amide bonds. The van der Waals surface area contributed by atoms with Crippen molar-refractivity contribution < 1.29 is 18.7 Å². The molecule has 5 heteroatoms. The lowest BCUT2D eigenvalue weighted by Gasteiger charge is -2.32. The van der Waals surface area contributed by atoms with E-state index in [1.807, 2.05) is 66.7 Å². The van der Waals surface area contributed by atoms with Crippen LogP contribution in [0.5, 0.6) is 17.2 Å². The van der Waals surface area contributed by atoms with Gasteiger partial charge >= 0.3 is 7.60 Å². The SMILES string of the molecule is CC(C)(C)c1cc(C(CCc2ccccc2)P(=O)(Oc2ccccc2)Oc2ccccc2)cc(C(C)(C)C)c1O. The zero-order valence-corrected chi connectivity index (χ0v) is 25.3. The Morgan fingerprint density at radius 3 is 1.48 bits per heavy atom. The molecule has 4 aromatic carbocycles. The Morgan fingerprint density at radius 1 is 0.675 bits per heavy atom. The minimum atomic E-state index is -3.87. The summed E-state index contributed by atoms with van der Waals surface area (Å²) >= 11 is 0. The minimum Gasteiger partial charge on any atom is -0.507 e. The molecule has 0 saturated heterocycles. The molecule has 0 radical (unpaired) electrons. The van der Waals surface area contributed by atoms with Crippen LogP contribution < -0.4 is 9.05 Å². The van der Waals surface area contributed by atoms with Crippen LogP contribution in [-0.4, -0.2) is 5.11 Å². The number of phenols is 1. The molecule has 0 spiro atoms. The number of aromatic hydroxyl groups is 1. The van der Waals surface area contributed by atoms with Crippen LogP contribution >= 0.6 is 7.60 Å². The zero-order chi connectivity index (χ0) is 29.0. The van der Waals surface area contributed by atoms with E-state index in [1.54, 1.807) is 24.3 Å². The molecule has 0 bridgehead atoms. The van der Waals surface area contributed by atoms with Crippen molar-refractivity contribution in [2.75, 3.05) is 0 Å². The highest BCUT2D eigenvalue weighted by Gasteiger charge is 2.42. The van der Waals surface area contributed by atoms with Crippen LogP contribution in [0.25, 0.3) is 0 Å². The predicted octanol–water partition coefficient (Wildman–Crippen LogP) is 10.0. The van der Waals surface area contributed by atoms with E-state index >= 15 is 4.57 Å². The summed E-state index contributed by atoms with van der Waals surface area (Å²) in [7, 11) is -3.87. The van der Waals surface area contributed by atoms with Gasteiger partial charge in [-0.15, -0.1) is 0 Å². The lowest BCUT2D eigenvalue weighted by atomic mass is 9.78. The molecule has 40 heavy (non-hydrogen) atoms. The third-order valence-corrected chi connectivity index (χ3v) is 9.27. The van der Waals surface area contributed by atoms with Crippen LogP contribution in [0.3, 0.4) is 0 Å². The summed E-state index contributed by atoms with van der Waals surface area (Å²) in [5, 5.41) is 11.4. The van der Waals surface area contributed by atoms with Crippen molar-refractivity contribution in [1.29, 1.82) is 0 Å². The van der Waals surface area contributed by atoms with Crippen LogP contribution in [0.2, 0.25) is 0 Å². The van der Waals surface area contributed by atoms with Crippen molar-refractivity contribution in [2.45, 2.75) is 70.9 Å². The molecule has 4 nitrogen and oxygen atoms in total. The van der Waals surface area contributed by atoms with Crippen molar-refractivity contribution in [3.05, 3.63) is 125 Å². The Morgan fingerprint density at radius 2 is 1.07 bits per heavy atom. The topological polar surface area (TPSA) is 55.8 Å². The van der Waals surface area contributed by atoms with E-state index in [1.165, 1.54) is 0 Å². The number of phenolic OH excluding ortho intramolecular Hbond substituents is 1. The molecule has 0 saturated carbocycles. The summed E-state index contributed by atoms with van der Waals surface area (Å²) in [6, 6.07) is 32.6. The van der Waals surface area contributed by atoms with Gasteiger partial charge in [-0.1, -0.05) is 120 Å². The van der Waals surface area contributed by atoms with E-state index in [4.69, 9.17) is 9.05 Å². The second-order valence-corrected chi connectivity index (χ2v) is 14.4. The number of rotatable bonds is 9. The van der Waals surface area contributed by atoms with Crippen molar-refractivity contribution in [3.63, 3.8) is 0 Å². The van der Waals surface area contributed by atoms with Crippen LogP contribution in [0, 0.1) is 0 Å². The van der Waals surface area contributed by atoms with Crippen LogP contribution in [0.15, 0.2) is 103 Å². The van der Waals surface area contributed by atoms with E-state index in [0.717, 1.165) is 22.3 Å². The van der Waals surface area contributed by atoms with Crippen LogP contribution in [0.4, 0.5) is 0 Å². The standard InChI is InChI=1S/C35H41O4P/c1-34(2,3)30-24-27(25-31(33(30)36)35(4,5)6)32(23-22-26-16-10-7-11-17-26)40(37,38-28-18-12-8-13-19-28)39-29-20-14-9-15-21-29/h7-21,24-25,32,36H,22-23H2,1-6H3.